The van der Waals surface area contributed by atoms with E-state index in [4.69, 9.17) is 0 Å². The van der Waals surface area contributed by atoms with Gasteiger partial charge in [-0.15, -0.1) is 0 Å². The van der Waals surface area contributed by atoms with Crippen LogP contribution in [-0.4, -0.2) is 31.6 Å². The summed E-state index contributed by atoms with van der Waals surface area (Å²) in [7, 11) is -3.45. The molecule has 3 rings (SSSR count). The first-order chi connectivity index (χ1) is 13.9. The molecule has 7 heteroatoms. The van der Waals surface area contributed by atoms with E-state index >= 15 is 0 Å². The van der Waals surface area contributed by atoms with Gasteiger partial charge in [0.15, 0.2) is 0 Å². The molecule has 0 bridgehead atoms. The average Bonchev–Trinajstić information content (AvgIpc) is 2.99. The predicted octanol–water partition coefficient (Wildman–Crippen LogP) is 3.23. The fourth-order valence-electron chi connectivity index (χ4n) is 3.47. The van der Waals surface area contributed by atoms with Gasteiger partial charge in [-0.05, 0) is 36.5 Å². The lowest BCUT2D eigenvalue weighted by Crippen LogP contribution is -2.32. The van der Waals surface area contributed by atoms with E-state index < -0.39 is 10.0 Å². The van der Waals surface area contributed by atoms with Crippen molar-refractivity contribution in [2.24, 2.45) is 11.0 Å². The molecule has 1 aliphatic rings. The molecular weight excluding hydrogens is 386 g/mol. The van der Waals surface area contributed by atoms with Crippen molar-refractivity contribution in [3.05, 3.63) is 71.3 Å². The molecule has 29 heavy (non-hydrogen) atoms. The van der Waals surface area contributed by atoms with Crippen molar-refractivity contribution >= 4 is 21.6 Å². The summed E-state index contributed by atoms with van der Waals surface area (Å²) in [6, 6.07) is 17.0. The fraction of sp³-hybridized carbons (Fsp3) is 0.364. The Balaban J connectivity index is 1.58. The summed E-state index contributed by atoms with van der Waals surface area (Å²) in [5, 5.41) is 6.03. The zero-order valence-electron chi connectivity index (χ0n) is 16.8. The minimum atomic E-state index is -3.45. The smallest absolute Gasteiger partial charge is 0.251 e. The minimum absolute atomic E-state index is 0.0626. The Morgan fingerprint density at radius 2 is 1.76 bits per heavy atom. The third-order valence-corrected chi connectivity index (χ3v) is 6.46. The predicted molar refractivity (Wildman–Crippen MR) is 115 cm³/mol. The van der Waals surface area contributed by atoms with Gasteiger partial charge < -0.3 is 0 Å². The number of amides is 1. The molecule has 2 aromatic carbocycles. The average molecular weight is 414 g/mol. The highest BCUT2D eigenvalue weighted by molar-refractivity contribution is 7.88. The number of carbonyl (C=O) groups is 1. The Hall–Kier alpha value is -2.51. The van der Waals surface area contributed by atoms with E-state index in [1.165, 1.54) is 5.01 Å². The van der Waals surface area contributed by atoms with Crippen molar-refractivity contribution in [1.29, 1.82) is 0 Å². The van der Waals surface area contributed by atoms with E-state index in [1.807, 2.05) is 56.3 Å². The first-order valence-corrected chi connectivity index (χ1v) is 11.5. The number of rotatable bonds is 9. The van der Waals surface area contributed by atoms with Crippen molar-refractivity contribution < 1.29 is 13.2 Å². The van der Waals surface area contributed by atoms with Crippen LogP contribution in [0, 0.1) is 12.8 Å². The number of nitrogens with zero attached hydrogens (tertiary/aromatic N) is 2. The van der Waals surface area contributed by atoms with Gasteiger partial charge in [-0.3, -0.25) is 4.79 Å². The summed E-state index contributed by atoms with van der Waals surface area (Å²) in [6.45, 7) is 4.63. The number of carbonyl (C=O) groups excluding carboxylic acids is 1. The molecular formula is C22H27N3O3S. The van der Waals surface area contributed by atoms with Crippen LogP contribution in [0.2, 0.25) is 0 Å². The van der Waals surface area contributed by atoms with Crippen LogP contribution in [0.25, 0.3) is 0 Å². The largest absolute Gasteiger partial charge is 0.272 e. The molecule has 2 aromatic rings. The van der Waals surface area contributed by atoms with Gasteiger partial charge in [0.25, 0.3) is 5.91 Å². The second-order valence-corrected chi connectivity index (χ2v) is 9.05. The van der Waals surface area contributed by atoms with Crippen LogP contribution in [0.1, 0.15) is 36.5 Å². The zero-order chi connectivity index (χ0) is 20.9. The molecule has 0 fully saturated rings. The maximum absolute atomic E-state index is 12.9. The van der Waals surface area contributed by atoms with Crippen molar-refractivity contribution in [3.8, 4) is 0 Å². The van der Waals surface area contributed by atoms with Gasteiger partial charge in [-0.25, -0.2) is 18.1 Å². The topological polar surface area (TPSA) is 78.8 Å². The van der Waals surface area contributed by atoms with Gasteiger partial charge in [0.2, 0.25) is 10.0 Å². The van der Waals surface area contributed by atoms with Crippen LogP contribution in [-0.2, 0) is 27.1 Å². The van der Waals surface area contributed by atoms with E-state index in [0.29, 0.717) is 19.4 Å². The Morgan fingerprint density at radius 3 is 2.45 bits per heavy atom. The number of hydrogen-bond donors (Lipinski definition) is 1. The van der Waals surface area contributed by atoms with Gasteiger partial charge in [0, 0.05) is 6.54 Å². The van der Waals surface area contributed by atoms with Crippen LogP contribution >= 0.6 is 0 Å². The van der Waals surface area contributed by atoms with E-state index in [9.17, 15) is 13.2 Å². The van der Waals surface area contributed by atoms with Gasteiger partial charge in [0.1, 0.15) is 0 Å². The third kappa shape index (κ3) is 5.52. The molecule has 1 amide bonds. The number of nitrogens with one attached hydrogen (secondary N) is 1. The highest BCUT2D eigenvalue weighted by Gasteiger charge is 2.34. The Bertz CT molecular complexity index is 987. The molecule has 0 saturated heterocycles. The molecule has 1 heterocycles. The highest BCUT2D eigenvalue weighted by atomic mass is 32.2. The Morgan fingerprint density at radius 1 is 1.07 bits per heavy atom. The summed E-state index contributed by atoms with van der Waals surface area (Å²) in [5.41, 5.74) is 3.72. The molecule has 1 N–H and O–H groups in total. The molecule has 1 atom stereocenters. The number of benzene rings is 2. The molecule has 6 nitrogen and oxygen atoms in total. The number of hydrazone groups is 1. The first kappa shape index (κ1) is 21.2. The van der Waals surface area contributed by atoms with Crippen molar-refractivity contribution in [3.63, 3.8) is 0 Å². The molecule has 0 spiro atoms. The van der Waals surface area contributed by atoms with Crippen LogP contribution in [0.4, 0.5) is 0 Å². The van der Waals surface area contributed by atoms with Gasteiger partial charge in [0.05, 0.1) is 23.9 Å². The zero-order valence-corrected chi connectivity index (χ0v) is 17.7. The summed E-state index contributed by atoms with van der Waals surface area (Å²) in [5.74, 6) is -0.503. The lowest BCUT2D eigenvalue weighted by atomic mass is 9.97. The Kier molecular flexibility index (Phi) is 6.82. The van der Waals surface area contributed by atoms with Gasteiger partial charge in [-0.1, -0.05) is 61.5 Å². The van der Waals surface area contributed by atoms with Crippen LogP contribution < -0.4 is 4.72 Å². The van der Waals surface area contributed by atoms with E-state index in [1.54, 1.807) is 12.1 Å². The van der Waals surface area contributed by atoms with Crippen LogP contribution in [0.15, 0.2) is 59.7 Å². The lowest BCUT2D eigenvalue weighted by molar-refractivity contribution is -0.132. The normalized spacial score (nSPS) is 16.9. The summed E-state index contributed by atoms with van der Waals surface area (Å²) in [6.07, 6.45) is 1.07. The number of aryl methyl sites for hydroxylation is 1. The SMILES string of the molecule is CCC1=NN(Cc2ccccc2C)C(=O)[C@H]1CCNS(=O)(=O)Cc1ccccc1. The summed E-state index contributed by atoms with van der Waals surface area (Å²) in [4.78, 5) is 12.9. The second kappa shape index (κ2) is 9.33. The molecule has 0 unspecified atom stereocenters. The Labute approximate surface area is 172 Å². The first-order valence-electron chi connectivity index (χ1n) is 9.84. The molecule has 0 aromatic heterocycles. The van der Waals surface area contributed by atoms with Gasteiger partial charge >= 0.3 is 0 Å². The third-order valence-electron chi connectivity index (χ3n) is 5.10. The van der Waals surface area contributed by atoms with Crippen LogP contribution in [0.5, 0.6) is 0 Å². The summed E-state index contributed by atoms with van der Waals surface area (Å²) < 4.78 is 27.2. The van der Waals surface area contributed by atoms with Crippen molar-refractivity contribution in [1.82, 2.24) is 9.73 Å². The van der Waals surface area contributed by atoms with Gasteiger partial charge in [-0.2, -0.15) is 5.10 Å². The molecule has 1 aliphatic heterocycles. The fourth-order valence-corrected chi connectivity index (χ4v) is 4.63. The maximum atomic E-state index is 12.9. The van der Waals surface area contributed by atoms with Crippen molar-refractivity contribution in [2.45, 2.75) is 39.0 Å². The number of sulfonamides is 1. The lowest BCUT2D eigenvalue weighted by Gasteiger charge is -2.16. The van der Waals surface area contributed by atoms with Crippen molar-refractivity contribution in [2.75, 3.05) is 6.54 Å². The number of hydrogen-bond acceptors (Lipinski definition) is 4. The quantitative estimate of drug-likeness (QED) is 0.685. The van der Waals surface area contributed by atoms with E-state index in [-0.39, 0.29) is 24.1 Å². The maximum Gasteiger partial charge on any atom is 0.251 e. The van der Waals surface area contributed by atoms with E-state index in [2.05, 4.69) is 9.82 Å². The second-order valence-electron chi connectivity index (χ2n) is 7.25. The minimum Gasteiger partial charge on any atom is -0.272 e. The van der Waals surface area contributed by atoms with E-state index in [0.717, 1.165) is 22.4 Å². The highest BCUT2D eigenvalue weighted by Crippen LogP contribution is 2.23. The molecule has 0 saturated carbocycles. The monoisotopic (exact) mass is 413 g/mol. The molecule has 0 aliphatic carbocycles. The summed E-state index contributed by atoms with van der Waals surface area (Å²) >= 11 is 0. The van der Waals surface area contributed by atoms with Crippen LogP contribution in [0.3, 0.4) is 0 Å². The molecule has 0 radical (unpaired) electrons. The molecule has 154 valence electrons. The standard InChI is InChI=1S/C22H27N3O3S/c1-3-21-20(13-14-23-29(27,28)16-18-10-5-4-6-11-18)22(26)25(24-21)15-19-12-8-7-9-17(19)2/h4-12,20,23H,3,13-16H2,1-2H3/t20-/m0/s1.